The molecule has 2 heterocycles. The summed E-state index contributed by atoms with van der Waals surface area (Å²) in [4.78, 5) is 21.1. The third kappa shape index (κ3) is 3.11. The molecule has 0 aliphatic carbocycles. The van der Waals surface area contributed by atoms with Crippen LogP contribution in [0.15, 0.2) is 0 Å². The van der Waals surface area contributed by atoms with Gasteiger partial charge in [0.05, 0.1) is 4.92 Å². The highest BCUT2D eigenvalue weighted by Crippen LogP contribution is 2.26. The van der Waals surface area contributed by atoms with Gasteiger partial charge in [-0.2, -0.15) is 4.98 Å². The van der Waals surface area contributed by atoms with Crippen LogP contribution in [0.5, 0.6) is 0 Å². The van der Waals surface area contributed by atoms with Gasteiger partial charge in [0, 0.05) is 33.2 Å². The smallest absolute Gasteiger partial charge is 0.333 e. The molecule has 0 bridgehead atoms. The fourth-order valence-corrected chi connectivity index (χ4v) is 2.04. The minimum absolute atomic E-state index is 0.0806. The molecule has 20 heavy (non-hydrogen) atoms. The summed E-state index contributed by atoms with van der Waals surface area (Å²) < 4.78 is 0. The Morgan fingerprint density at radius 2 is 1.90 bits per heavy atom. The molecular weight excluding hydrogens is 262 g/mol. The predicted octanol–water partition coefficient (Wildman–Crippen LogP) is 0.309. The standard InChI is InChI=1S/C11H19N7O2/c1-8-9(18(19)20)10(14-11(12-2)13-8)15-17-6-4-16(3)5-7-17/h4-7H2,1-3H3,(H2,12,13,14,15). The van der Waals surface area contributed by atoms with Crippen molar-refractivity contribution < 1.29 is 4.92 Å². The first-order valence-electron chi connectivity index (χ1n) is 6.42. The summed E-state index contributed by atoms with van der Waals surface area (Å²) in [5.74, 6) is 0.598. The molecule has 110 valence electrons. The molecule has 1 aliphatic rings. The van der Waals surface area contributed by atoms with E-state index >= 15 is 0 Å². The Morgan fingerprint density at radius 3 is 2.45 bits per heavy atom. The minimum Gasteiger partial charge on any atom is -0.357 e. The first-order chi connectivity index (χ1) is 9.51. The summed E-state index contributed by atoms with van der Waals surface area (Å²) in [6, 6.07) is 0. The van der Waals surface area contributed by atoms with Crippen molar-refractivity contribution >= 4 is 17.5 Å². The van der Waals surface area contributed by atoms with E-state index in [4.69, 9.17) is 0 Å². The molecule has 1 aliphatic heterocycles. The minimum atomic E-state index is -0.451. The van der Waals surface area contributed by atoms with Crippen LogP contribution in [-0.2, 0) is 0 Å². The van der Waals surface area contributed by atoms with Crippen LogP contribution in [0.4, 0.5) is 17.5 Å². The van der Waals surface area contributed by atoms with Crippen molar-refractivity contribution in [1.82, 2.24) is 19.9 Å². The van der Waals surface area contributed by atoms with E-state index < -0.39 is 4.92 Å². The second kappa shape index (κ2) is 5.97. The van der Waals surface area contributed by atoms with E-state index in [1.54, 1.807) is 14.0 Å². The van der Waals surface area contributed by atoms with Gasteiger partial charge in [0.1, 0.15) is 5.69 Å². The second-order valence-corrected chi connectivity index (χ2v) is 4.74. The number of aromatic nitrogens is 2. The SMILES string of the molecule is CNc1nc(C)c([N+](=O)[O-])c(NN2CCN(C)CC2)n1. The quantitative estimate of drug-likeness (QED) is 0.601. The van der Waals surface area contributed by atoms with Gasteiger partial charge in [-0.3, -0.25) is 15.5 Å². The van der Waals surface area contributed by atoms with E-state index in [0.717, 1.165) is 26.2 Å². The first-order valence-corrected chi connectivity index (χ1v) is 6.42. The maximum Gasteiger partial charge on any atom is 0.333 e. The Morgan fingerprint density at radius 1 is 1.25 bits per heavy atom. The summed E-state index contributed by atoms with van der Waals surface area (Å²) in [6.45, 7) is 4.99. The molecule has 0 aromatic carbocycles. The van der Waals surface area contributed by atoms with Gasteiger partial charge in [-0.1, -0.05) is 0 Å². The van der Waals surface area contributed by atoms with Crippen molar-refractivity contribution in [2.75, 3.05) is 51.0 Å². The van der Waals surface area contributed by atoms with Gasteiger partial charge >= 0.3 is 5.69 Å². The van der Waals surface area contributed by atoms with Gasteiger partial charge in [0.2, 0.25) is 11.8 Å². The molecule has 0 spiro atoms. The van der Waals surface area contributed by atoms with Crippen LogP contribution >= 0.6 is 0 Å². The third-order valence-corrected chi connectivity index (χ3v) is 3.23. The van der Waals surface area contributed by atoms with Gasteiger partial charge in [-0.15, -0.1) is 0 Å². The molecule has 9 heteroatoms. The highest BCUT2D eigenvalue weighted by atomic mass is 16.6. The van der Waals surface area contributed by atoms with Crippen molar-refractivity contribution in [1.29, 1.82) is 0 Å². The second-order valence-electron chi connectivity index (χ2n) is 4.74. The maximum atomic E-state index is 11.2. The Hall–Kier alpha value is -2.00. The number of hydrazine groups is 1. The zero-order valence-corrected chi connectivity index (χ0v) is 11.9. The first kappa shape index (κ1) is 14.4. The molecule has 1 fully saturated rings. The summed E-state index contributed by atoms with van der Waals surface area (Å²) in [7, 11) is 3.73. The zero-order valence-electron chi connectivity index (χ0n) is 11.9. The van der Waals surface area contributed by atoms with Gasteiger partial charge in [0.15, 0.2) is 0 Å². The Labute approximate surface area is 117 Å². The molecule has 0 radical (unpaired) electrons. The number of nitro groups is 1. The molecule has 0 atom stereocenters. The molecule has 1 aromatic rings. The lowest BCUT2D eigenvalue weighted by molar-refractivity contribution is -0.385. The number of nitrogens with zero attached hydrogens (tertiary/aromatic N) is 5. The van der Waals surface area contributed by atoms with Crippen LogP contribution in [0.2, 0.25) is 0 Å². The summed E-state index contributed by atoms with van der Waals surface area (Å²) in [5.41, 5.74) is 3.30. The van der Waals surface area contributed by atoms with Gasteiger partial charge in [-0.25, -0.2) is 9.99 Å². The number of rotatable bonds is 4. The zero-order chi connectivity index (χ0) is 14.7. The van der Waals surface area contributed by atoms with Crippen LogP contribution in [0.3, 0.4) is 0 Å². The Bertz CT molecular complexity index is 500. The lowest BCUT2D eigenvalue weighted by Crippen LogP contribution is -2.47. The largest absolute Gasteiger partial charge is 0.357 e. The average molecular weight is 281 g/mol. The van der Waals surface area contributed by atoms with Crippen LogP contribution in [0.25, 0.3) is 0 Å². The normalized spacial score (nSPS) is 16.9. The van der Waals surface area contributed by atoms with Gasteiger partial charge < -0.3 is 10.2 Å². The summed E-state index contributed by atoms with van der Waals surface area (Å²) in [5, 5.41) is 15.9. The number of nitrogens with one attached hydrogen (secondary N) is 2. The molecule has 1 saturated heterocycles. The molecule has 0 unspecified atom stereocenters. The number of hydrogen-bond donors (Lipinski definition) is 2. The number of hydrogen-bond acceptors (Lipinski definition) is 8. The molecule has 0 saturated carbocycles. The summed E-state index contributed by atoms with van der Waals surface area (Å²) in [6.07, 6.45) is 0. The van der Waals surface area contributed by atoms with E-state index in [1.165, 1.54) is 0 Å². The lowest BCUT2D eigenvalue weighted by atomic mass is 10.3. The Balaban J connectivity index is 2.24. The molecule has 9 nitrogen and oxygen atoms in total. The van der Waals surface area contributed by atoms with Crippen LogP contribution in [0.1, 0.15) is 5.69 Å². The third-order valence-electron chi connectivity index (χ3n) is 3.23. The molecule has 2 N–H and O–H groups in total. The maximum absolute atomic E-state index is 11.2. The van der Waals surface area contributed by atoms with Crippen LogP contribution < -0.4 is 10.7 Å². The highest BCUT2D eigenvalue weighted by molar-refractivity contribution is 5.60. The fourth-order valence-electron chi connectivity index (χ4n) is 2.04. The monoisotopic (exact) mass is 281 g/mol. The fraction of sp³-hybridized carbons (Fsp3) is 0.636. The summed E-state index contributed by atoms with van der Waals surface area (Å²) >= 11 is 0. The van der Waals surface area contributed by atoms with E-state index in [1.807, 2.05) is 12.1 Å². The molecule has 2 rings (SSSR count). The van der Waals surface area contributed by atoms with Crippen molar-refractivity contribution in [2.24, 2.45) is 0 Å². The highest BCUT2D eigenvalue weighted by Gasteiger charge is 2.24. The van der Waals surface area contributed by atoms with Gasteiger partial charge in [0.25, 0.3) is 0 Å². The number of aryl methyl sites for hydroxylation is 1. The van der Waals surface area contributed by atoms with E-state index in [-0.39, 0.29) is 11.5 Å². The van der Waals surface area contributed by atoms with E-state index in [9.17, 15) is 10.1 Å². The molecule has 1 aromatic heterocycles. The number of likely N-dealkylation sites (N-methyl/N-ethyl adjacent to an activating group) is 1. The predicted molar refractivity (Wildman–Crippen MR) is 75.7 cm³/mol. The average Bonchev–Trinajstić information content (AvgIpc) is 2.40. The number of anilines is 2. The van der Waals surface area contributed by atoms with Crippen molar-refractivity contribution in [2.45, 2.75) is 6.92 Å². The van der Waals surface area contributed by atoms with Crippen molar-refractivity contribution in [3.05, 3.63) is 15.8 Å². The number of piperazine rings is 1. The lowest BCUT2D eigenvalue weighted by Gasteiger charge is -2.32. The Kier molecular flexibility index (Phi) is 4.30. The van der Waals surface area contributed by atoms with E-state index in [0.29, 0.717) is 11.6 Å². The van der Waals surface area contributed by atoms with Crippen LogP contribution in [0, 0.1) is 17.0 Å². The van der Waals surface area contributed by atoms with Gasteiger partial charge in [-0.05, 0) is 14.0 Å². The van der Waals surface area contributed by atoms with Crippen LogP contribution in [-0.4, -0.2) is 65.1 Å². The van der Waals surface area contributed by atoms with Crippen molar-refractivity contribution in [3.63, 3.8) is 0 Å². The molecule has 0 amide bonds. The molecular formula is C11H19N7O2. The van der Waals surface area contributed by atoms with Crippen molar-refractivity contribution in [3.8, 4) is 0 Å². The topological polar surface area (TPSA) is 99.5 Å². The van der Waals surface area contributed by atoms with E-state index in [2.05, 4.69) is 25.6 Å².